The monoisotopic (exact) mass is 384 g/mol. The average Bonchev–Trinajstić information content (AvgIpc) is 2.71. The number of hydrogen-bond donors (Lipinski definition) is 2. The van der Waals surface area contributed by atoms with E-state index < -0.39 is 17.5 Å². The van der Waals surface area contributed by atoms with Crippen LogP contribution in [0.2, 0.25) is 0 Å². The summed E-state index contributed by atoms with van der Waals surface area (Å²) in [6.07, 6.45) is 2.66. The number of hydrogen-bond acceptors (Lipinski definition) is 6. The molecule has 9 heteroatoms. The van der Waals surface area contributed by atoms with Crippen molar-refractivity contribution in [2.75, 3.05) is 23.8 Å². The van der Waals surface area contributed by atoms with Gasteiger partial charge in [0.15, 0.2) is 23.1 Å². The number of benzene rings is 2. The van der Waals surface area contributed by atoms with E-state index >= 15 is 0 Å². The van der Waals surface area contributed by atoms with Crippen molar-refractivity contribution in [2.24, 2.45) is 0 Å². The zero-order valence-electron chi connectivity index (χ0n) is 14.4. The Morgan fingerprint density at radius 2 is 1.68 bits per heavy atom. The van der Waals surface area contributed by atoms with Crippen molar-refractivity contribution in [2.45, 2.75) is 0 Å². The van der Waals surface area contributed by atoms with Crippen LogP contribution in [0.25, 0.3) is 0 Å². The lowest BCUT2D eigenvalue weighted by Crippen LogP contribution is -2.15. The third-order valence-electron chi connectivity index (χ3n) is 3.88. The highest BCUT2D eigenvalue weighted by Crippen LogP contribution is 2.33. The summed E-state index contributed by atoms with van der Waals surface area (Å²) in [5, 5.41) is 5.48. The highest BCUT2D eigenvalue weighted by molar-refractivity contribution is 6.02. The van der Waals surface area contributed by atoms with Gasteiger partial charge in [-0.1, -0.05) is 0 Å². The van der Waals surface area contributed by atoms with Crippen LogP contribution in [0.4, 0.5) is 26.0 Å². The number of anilines is 3. The minimum absolute atomic E-state index is 0.0254. The van der Waals surface area contributed by atoms with Crippen molar-refractivity contribution >= 4 is 23.1 Å². The number of halogens is 2. The van der Waals surface area contributed by atoms with Gasteiger partial charge in [0, 0.05) is 23.5 Å². The Bertz CT molecular complexity index is 1030. The molecule has 0 saturated carbocycles. The van der Waals surface area contributed by atoms with Crippen LogP contribution in [0.15, 0.2) is 48.8 Å². The predicted molar refractivity (Wildman–Crippen MR) is 97.1 cm³/mol. The first-order valence-corrected chi connectivity index (χ1v) is 8.33. The Balaban J connectivity index is 1.43. The second-order valence-corrected chi connectivity index (χ2v) is 5.85. The van der Waals surface area contributed by atoms with E-state index in [9.17, 15) is 13.6 Å². The molecule has 0 atom stereocenters. The van der Waals surface area contributed by atoms with Crippen LogP contribution in [0.3, 0.4) is 0 Å². The maximum Gasteiger partial charge on any atom is 0.275 e. The number of nitrogens with zero attached hydrogens (tertiary/aromatic N) is 2. The Kier molecular flexibility index (Phi) is 4.71. The van der Waals surface area contributed by atoms with Crippen LogP contribution in [0.1, 0.15) is 10.5 Å². The molecule has 2 aromatic carbocycles. The Hall–Kier alpha value is -3.75. The van der Waals surface area contributed by atoms with Gasteiger partial charge in [-0.15, -0.1) is 0 Å². The molecule has 0 unspecified atom stereocenters. The second-order valence-electron chi connectivity index (χ2n) is 5.85. The molecule has 0 radical (unpaired) electrons. The smallest absolute Gasteiger partial charge is 0.275 e. The van der Waals surface area contributed by atoms with E-state index in [0.717, 1.165) is 17.8 Å². The van der Waals surface area contributed by atoms with Crippen LogP contribution in [0, 0.1) is 11.6 Å². The van der Waals surface area contributed by atoms with Crippen molar-refractivity contribution in [1.82, 2.24) is 9.97 Å². The number of fused-ring (bicyclic) bond motifs is 1. The molecule has 1 amide bonds. The van der Waals surface area contributed by atoms with E-state index in [4.69, 9.17) is 9.47 Å². The van der Waals surface area contributed by atoms with Crippen molar-refractivity contribution in [1.29, 1.82) is 0 Å². The van der Waals surface area contributed by atoms with E-state index in [1.54, 1.807) is 18.2 Å². The van der Waals surface area contributed by atoms with Gasteiger partial charge in [0.1, 0.15) is 24.7 Å². The molecule has 1 aliphatic rings. The highest BCUT2D eigenvalue weighted by Gasteiger charge is 2.13. The third-order valence-corrected chi connectivity index (χ3v) is 3.88. The SMILES string of the molecule is O=C(Nc1ccc(F)c(F)c1)c1cnc(Nc2ccc3c(c2)OCCO3)cn1. The lowest BCUT2D eigenvalue weighted by molar-refractivity contribution is 0.102. The number of carbonyl (C=O) groups excluding carboxylic acids is 1. The normalized spacial score (nSPS) is 12.4. The number of carbonyl (C=O) groups is 1. The number of amides is 1. The van der Waals surface area contributed by atoms with Gasteiger partial charge in [-0.3, -0.25) is 4.79 Å². The van der Waals surface area contributed by atoms with Crippen LogP contribution < -0.4 is 20.1 Å². The number of aromatic nitrogens is 2. The molecule has 1 aliphatic heterocycles. The Labute approximate surface area is 158 Å². The van der Waals surface area contributed by atoms with Gasteiger partial charge in [-0.05, 0) is 24.3 Å². The van der Waals surface area contributed by atoms with Crippen LogP contribution in [-0.2, 0) is 0 Å². The van der Waals surface area contributed by atoms with E-state index in [-0.39, 0.29) is 11.4 Å². The fourth-order valence-electron chi connectivity index (χ4n) is 2.55. The van der Waals surface area contributed by atoms with E-state index in [1.807, 2.05) is 0 Å². The standard InChI is InChI=1S/C19H14F2N4O3/c20-13-3-1-11(7-14(13)21)25-19(26)15-9-23-18(10-22-15)24-12-2-4-16-17(8-12)28-6-5-27-16/h1-4,7-10H,5-6H2,(H,23,24)(H,25,26). The van der Waals surface area contributed by atoms with Crippen LogP contribution >= 0.6 is 0 Å². The maximum atomic E-state index is 13.2. The summed E-state index contributed by atoms with van der Waals surface area (Å²) < 4.78 is 37.1. The summed E-state index contributed by atoms with van der Waals surface area (Å²) in [4.78, 5) is 20.3. The molecule has 2 heterocycles. The summed E-state index contributed by atoms with van der Waals surface area (Å²) in [5.41, 5.74) is 0.860. The summed E-state index contributed by atoms with van der Waals surface area (Å²) >= 11 is 0. The maximum absolute atomic E-state index is 13.2. The number of rotatable bonds is 4. The van der Waals surface area contributed by atoms with E-state index in [0.29, 0.717) is 30.5 Å². The first-order valence-electron chi connectivity index (χ1n) is 8.33. The predicted octanol–water partition coefficient (Wildman–Crippen LogP) is 3.52. The largest absolute Gasteiger partial charge is 0.486 e. The minimum atomic E-state index is -1.05. The molecule has 0 fully saturated rings. The van der Waals surface area contributed by atoms with Gasteiger partial charge in [0.05, 0.1) is 12.4 Å². The molecule has 1 aromatic heterocycles. The van der Waals surface area contributed by atoms with Gasteiger partial charge in [0.25, 0.3) is 5.91 Å². The molecular formula is C19H14F2N4O3. The Morgan fingerprint density at radius 1 is 0.893 bits per heavy atom. The fourth-order valence-corrected chi connectivity index (χ4v) is 2.55. The van der Waals surface area contributed by atoms with Crippen molar-refractivity contribution in [3.8, 4) is 11.5 Å². The molecule has 0 bridgehead atoms. The zero-order valence-corrected chi connectivity index (χ0v) is 14.4. The molecule has 4 rings (SSSR count). The molecule has 0 aliphatic carbocycles. The lowest BCUT2D eigenvalue weighted by atomic mass is 10.2. The molecule has 0 spiro atoms. The van der Waals surface area contributed by atoms with E-state index in [1.165, 1.54) is 18.5 Å². The molecular weight excluding hydrogens is 370 g/mol. The molecule has 2 N–H and O–H groups in total. The zero-order chi connectivity index (χ0) is 19.5. The van der Waals surface area contributed by atoms with Gasteiger partial charge in [-0.2, -0.15) is 0 Å². The minimum Gasteiger partial charge on any atom is -0.486 e. The number of ether oxygens (including phenoxy) is 2. The molecule has 7 nitrogen and oxygen atoms in total. The quantitative estimate of drug-likeness (QED) is 0.716. The van der Waals surface area contributed by atoms with Crippen LogP contribution in [0.5, 0.6) is 11.5 Å². The van der Waals surface area contributed by atoms with Crippen LogP contribution in [-0.4, -0.2) is 29.1 Å². The summed E-state index contributed by atoms with van der Waals surface area (Å²) in [6.45, 7) is 0.997. The average molecular weight is 384 g/mol. The van der Waals surface area contributed by atoms with Gasteiger partial charge < -0.3 is 20.1 Å². The summed E-state index contributed by atoms with van der Waals surface area (Å²) in [5.74, 6) is -0.917. The first kappa shape index (κ1) is 17.7. The summed E-state index contributed by atoms with van der Waals surface area (Å²) in [6, 6.07) is 8.43. The van der Waals surface area contributed by atoms with Crippen molar-refractivity contribution in [3.05, 3.63) is 66.1 Å². The Morgan fingerprint density at radius 3 is 2.43 bits per heavy atom. The van der Waals surface area contributed by atoms with Crippen molar-refractivity contribution < 1.29 is 23.0 Å². The molecule has 3 aromatic rings. The second kappa shape index (κ2) is 7.47. The number of nitrogens with one attached hydrogen (secondary N) is 2. The van der Waals surface area contributed by atoms with Gasteiger partial charge >= 0.3 is 0 Å². The third kappa shape index (κ3) is 3.83. The van der Waals surface area contributed by atoms with Gasteiger partial charge in [-0.25, -0.2) is 18.7 Å². The molecule has 28 heavy (non-hydrogen) atoms. The fraction of sp³-hybridized carbons (Fsp3) is 0.105. The first-order chi connectivity index (χ1) is 13.6. The molecule has 142 valence electrons. The summed E-state index contributed by atoms with van der Waals surface area (Å²) in [7, 11) is 0. The molecule has 0 saturated heterocycles. The highest BCUT2D eigenvalue weighted by atomic mass is 19.2. The van der Waals surface area contributed by atoms with E-state index in [2.05, 4.69) is 20.6 Å². The topological polar surface area (TPSA) is 85.4 Å². The van der Waals surface area contributed by atoms with Crippen molar-refractivity contribution in [3.63, 3.8) is 0 Å². The lowest BCUT2D eigenvalue weighted by Gasteiger charge is -2.19. The van der Waals surface area contributed by atoms with Gasteiger partial charge in [0.2, 0.25) is 0 Å².